The Morgan fingerprint density at radius 2 is 1.95 bits per heavy atom. The molecule has 1 aromatic heterocycles. The zero-order valence-electron chi connectivity index (χ0n) is 13.0. The first-order valence-electron chi connectivity index (χ1n) is 7.18. The number of thiophene rings is 1. The second kappa shape index (κ2) is 6.96. The van der Waals surface area contributed by atoms with Gasteiger partial charge >= 0.3 is 0 Å². The number of methoxy groups -OCH3 is 1. The van der Waals surface area contributed by atoms with E-state index in [9.17, 15) is 5.11 Å². The molecule has 21 heavy (non-hydrogen) atoms. The highest BCUT2D eigenvalue weighted by molar-refractivity contribution is 7.09. The molecule has 1 atom stereocenters. The van der Waals surface area contributed by atoms with Crippen molar-refractivity contribution in [3.63, 3.8) is 0 Å². The number of nitrogens with zero attached hydrogens (tertiary/aromatic N) is 1. The van der Waals surface area contributed by atoms with E-state index in [1.54, 1.807) is 25.4 Å². The van der Waals surface area contributed by atoms with Crippen molar-refractivity contribution in [3.05, 3.63) is 46.2 Å². The Morgan fingerprint density at radius 3 is 2.48 bits per heavy atom. The summed E-state index contributed by atoms with van der Waals surface area (Å²) in [5.41, 5.74) is 1.89. The molecule has 0 saturated carbocycles. The van der Waals surface area contributed by atoms with E-state index in [1.807, 2.05) is 12.1 Å². The van der Waals surface area contributed by atoms with Gasteiger partial charge in [0.15, 0.2) is 0 Å². The zero-order chi connectivity index (χ0) is 15.4. The molecule has 1 N–H and O–H groups in total. The Balaban J connectivity index is 2.44. The third-order valence-corrected chi connectivity index (χ3v) is 4.38. The standard InChI is InChI=1S/C17H23NO2S/c1-12(2)18(11-14-7-6-10-21-14)15-8-5-9-16(20-4)17(15)13(3)19/h5-10,12-13,19H,11H2,1-4H3/t13-/m0/s1. The quantitative estimate of drug-likeness (QED) is 0.867. The number of aliphatic hydroxyl groups is 1. The highest BCUT2D eigenvalue weighted by Gasteiger charge is 2.21. The summed E-state index contributed by atoms with van der Waals surface area (Å²) in [7, 11) is 1.64. The van der Waals surface area contributed by atoms with Crippen LogP contribution in [-0.4, -0.2) is 18.3 Å². The minimum absolute atomic E-state index is 0.330. The molecule has 2 rings (SSSR count). The first kappa shape index (κ1) is 15.9. The molecule has 2 aromatic rings. The van der Waals surface area contributed by atoms with E-state index in [1.165, 1.54) is 4.88 Å². The van der Waals surface area contributed by atoms with Crippen molar-refractivity contribution in [2.24, 2.45) is 0 Å². The minimum Gasteiger partial charge on any atom is -0.496 e. The second-order valence-electron chi connectivity index (χ2n) is 5.37. The van der Waals surface area contributed by atoms with Crippen LogP contribution in [-0.2, 0) is 6.54 Å². The molecule has 0 saturated heterocycles. The minimum atomic E-state index is -0.569. The highest BCUT2D eigenvalue weighted by atomic mass is 32.1. The Hall–Kier alpha value is -1.52. The summed E-state index contributed by atoms with van der Waals surface area (Å²) >= 11 is 1.75. The van der Waals surface area contributed by atoms with Crippen LogP contribution in [0.5, 0.6) is 5.75 Å². The van der Waals surface area contributed by atoms with Gasteiger partial charge in [0.25, 0.3) is 0 Å². The number of hydrogen-bond donors (Lipinski definition) is 1. The Morgan fingerprint density at radius 1 is 1.19 bits per heavy atom. The number of anilines is 1. The normalized spacial score (nSPS) is 12.5. The van der Waals surface area contributed by atoms with Gasteiger partial charge in [0.1, 0.15) is 5.75 Å². The average molecular weight is 305 g/mol. The van der Waals surface area contributed by atoms with E-state index in [0.29, 0.717) is 6.04 Å². The number of benzene rings is 1. The van der Waals surface area contributed by atoms with Crippen molar-refractivity contribution in [1.29, 1.82) is 0 Å². The van der Waals surface area contributed by atoms with Gasteiger partial charge in [-0.05, 0) is 44.4 Å². The van der Waals surface area contributed by atoms with Crippen LogP contribution in [0, 0.1) is 0 Å². The predicted octanol–water partition coefficient (Wildman–Crippen LogP) is 4.23. The molecule has 0 amide bonds. The molecule has 0 radical (unpaired) electrons. The zero-order valence-corrected chi connectivity index (χ0v) is 13.9. The number of ether oxygens (including phenoxy) is 1. The van der Waals surface area contributed by atoms with E-state index in [2.05, 4.69) is 42.3 Å². The molecule has 0 spiro atoms. The third kappa shape index (κ3) is 3.57. The summed E-state index contributed by atoms with van der Waals surface area (Å²) in [6, 6.07) is 10.5. The van der Waals surface area contributed by atoms with Crippen molar-refractivity contribution >= 4 is 17.0 Å². The van der Waals surface area contributed by atoms with Crippen LogP contribution in [0.1, 0.15) is 37.3 Å². The SMILES string of the molecule is COc1cccc(N(Cc2cccs2)C(C)C)c1[C@H](C)O. The molecular formula is C17H23NO2S. The first-order valence-corrected chi connectivity index (χ1v) is 8.06. The van der Waals surface area contributed by atoms with Gasteiger partial charge < -0.3 is 14.7 Å². The summed E-state index contributed by atoms with van der Waals surface area (Å²) in [6.45, 7) is 6.95. The van der Waals surface area contributed by atoms with Crippen LogP contribution in [0.25, 0.3) is 0 Å². The maximum atomic E-state index is 10.2. The van der Waals surface area contributed by atoms with Crippen LogP contribution in [0.3, 0.4) is 0 Å². The third-order valence-electron chi connectivity index (χ3n) is 3.52. The number of aliphatic hydroxyl groups excluding tert-OH is 1. The molecule has 1 heterocycles. The molecule has 4 heteroatoms. The fraction of sp³-hybridized carbons (Fsp3) is 0.412. The van der Waals surface area contributed by atoms with Gasteiger partial charge in [-0.2, -0.15) is 0 Å². The molecule has 0 aliphatic rings. The summed E-state index contributed by atoms with van der Waals surface area (Å²) < 4.78 is 5.43. The van der Waals surface area contributed by atoms with Crippen LogP contribution in [0.15, 0.2) is 35.7 Å². The van der Waals surface area contributed by atoms with Crippen molar-refractivity contribution < 1.29 is 9.84 Å². The van der Waals surface area contributed by atoms with Gasteiger partial charge in [-0.25, -0.2) is 0 Å². The fourth-order valence-corrected chi connectivity index (χ4v) is 3.20. The van der Waals surface area contributed by atoms with Gasteiger partial charge in [-0.3, -0.25) is 0 Å². The largest absolute Gasteiger partial charge is 0.496 e. The lowest BCUT2D eigenvalue weighted by Crippen LogP contribution is -2.31. The molecule has 3 nitrogen and oxygen atoms in total. The van der Waals surface area contributed by atoms with E-state index in [0.717, 1.165) is 23.5 Å². The average Bonchev–Trinajstić information content (AvgIpc) is 2.96. The van der Waals surface area contributed by atoms with E-state index >= 15 is 0 Å². The van der Waals surface area contributed by atoms with Gasteiger partial charge in [0.2, 0.25) is 0 Å². The molecule has 0 unspecified atom stereocenters. The molecule has 0 aliphatic heterocycles. The summed E-state index contributed by atoms with van der Waals surface area (Å²) in [4.78, 5) is 3.61. The van der Waals surface area contributed by atoms with Crippen molar-refractivity contribution in [2.75, 3.05) is 12.0 Å². The lowest BCUT2D eigenvalue weighted by Gasteiger charge is -2.32. The van der Waals surface area contributed by atoms with E-state index in [-0.39, 0.29) is 0 Å². The van der Waals surface area contributed by atoms with Gasteiger partial charge in [-0.1, -0.05) is 12.1 Å². The number of hydrogen-bond acceptors (Lipinski definition) is 4. The van der Waals surface area contributed by atoms with E-state index in [4.69, 9.17) is 4.74 Å². The maximum Gasteiger partial charge on any atom is 0.126 e. The van der Waals surface area contributed by atoms with Crippen LogP contribution < -0.4 is 9.64 Å². The van der Waals surface area contributed by atoms with Crippen molar-refractivity contribution in [3.8, 4) is 5.75 Å². The summed E-state index contributed by atoms with van der Waals surface area (Å²) in [6.07, 6.45) is -0.569. The van der Waals surface area contributed by atoms with Gasteiger partial charge in [0.05, 0.1) is 19.8 Å². The van der Waals surface area contributed by atoms with Crippen LogP contribution in [0.2, 0.25) is 0 Å². The van der Waals surface area contributed by atoms with Gasteiger partial charge in [0, 0.05) is 22.2 Å². The molecular weight excluding hydrogens is 282 g/mol. The topological polar surface area (TPSA) is 32.7 Å². The van der Waals surface area contributed by atoms with Crippen molar-refractivity contribution in [1.82, 2.24) is 0 Å². The number of rotatable bonds is 6. The molecule has 0 aliphatic carbocycles. The first-order chi connectivity index (χ1) is 10.0. The molecule has 114 valence electrons. The molecule has 1 aromatic carbocycles. The van der Waals surface area contributed by atoms with Crippen molar-refractivity contribution in [2.45, 2.75) is 39.5 Å². The maximum absolute atomic E-state index is 10.2. The highest BCUT2D eigenvalue weighted by Crippen LogP contribution is 2.36. The predicted molar refractivity (Wildman–Crippen MR) is 89.3 cm³/mol. The van der Waals surface area contributed by atoms with Crippen LogP contribution in [0.4, 0.5) is 5.69 Å². The monoisotopic (exact) mass is 305 g/mol. The Kier molecular flexibility index (Phi) is 5.26. The lowest BCUT2D eigenvalue weighted by atomic mass is 10.0. The molecule has 0 fully saturated rings. The Bertz CT molecular complexity index is 564. The second-order valence-corrected chi connectivity index (χ2v) is 6.40. The smallest absolute Gasteiger partial charge is 0.126 e. The van der Waals surface area contributed by atoms with Gasteiger partial charge in [-0.15, -0.1) is 11.3 Å². The van der Waals surface area contributed by atoms with E-state index < -0.39 is 6.10 Å². The van der Waals surface area contributed by atoms with Crippen LogP contribution >= 0.6 is 11.3 Å². The Labute approximate surface area is 130 Å². The molecule has 0 bridgehead atoms. The fourth-order valence-electron chi connectivity index (χ4n) is 2.50. The summed E-state index contributed by atoms with van der Waals surface area (Å²) in [5.74, 6) is 0.735. The lowest BCUT2D eigenvalue weighted by molar-refractivity contribution is 0.194. The summed E-state index contributed by atoms with van der Waals surface area (Å²) in [5, 5.41) is 12.3.